The van der Waals surface area contributed by atoms with Crippen LogP contribution in [0.5, 0.6) is 0 Å². The van der Waals surface area contributed by atoms with Gasteiger partial charge in [-0.25, -0.2) is 4.79 Å². The highest BCUT2D eigenvalue weighted by Crippen LogP contribution is 2.56. The molecule has 5 rings (SSSR count). The number of amides is 3. The summed E-state index contributed by atoms with van der Waals surface area (Å²) in [7, 11) is 0. The average Bonchev–Trinajstić information content (AvgIpc) is 3.55. The lowest BCUT2D eigenvalue weighted by atomic mass is 9.81. The van der Waals surface area contributed by atoms with E-state index in [0.717, 1.165) is 42.4 Å². The van der Waals surface area contributed by atoms with Gasteiger partial charge in [0.15, 0.2) is 6.61 Å². The second-order valence-corrected chi connectivity index (χ2v) is 9.87. The highest BCUT2D eigenvalue weighted by atomic mass is 19.4. The lowest BCUT2D eigenvalue weighted by Gasteiger charge is -2.26. The average molecular weight is 515 g/mol. The van der Waals surface area contributed by atoms with Gasteiger partial charge in [0.05, 0.1) is 17.4 Å². The van der Waals surface area contributed by atoms with Crippen molar-refractivity contribution in [2.24, 2.45) is 23.7 Å². The number of ether oxygens (including phenoxy) is 1. The van der Waals surface area contributed by atoms with E-state index in [4.69, 9.17) is 4.74 Å². The van der Waals surface area contributed by atoms with E-state index in [1.165, 1.54) is 6.07 Å². The normalized spacial score (nSPS) is 25.2. The van der Waals surface area contributed by atoms with Crippen LogP contribution in [-0.4, -0.2) is 41.2 Å². The molecule has 3 aliphatic rings. The molecule has 0 radical (unpaired) electrons. The molecule has 0 aromatic heterocycles. The lowest BCUT2D eigenvalue weighted by molar-refractivity contribution is -0.160. The summed E-state index contributed by atoms with van der Waals surface area (Å²) in [5, 5.41) is 2.27. The molecule has 0 spiro atoms. The number of rotatable bonds is 7. The summed E-state index contributed by atoms with van der Waals surface area (Å²) >= 11 is 0. The maximum atomic E-state index is 13.3. The first-order chi connectivity index (χ1) is 17.6. The fourth-order valence-electron chi connectivity index (χ4n) is 6.06. The number of alkyl halides is 3. The molecule has 1 saturated heterocycles. The Kier molecular flexibility index (Phi) is 6.51. The summed E-state index contributed by atoms with van der Waals surface area (Å²) in [6.07, 6.45) is -1.92. The molecule has 1 heterocycles. The van der Waals surface area contributed by atoms with Crippen molar-refractivity contribution >= 4 is 29.4 Å². The topological polar surface area (TPSA) is 92.8 Å². The van der Waals surface area contributed by atoms with Gasteiger partial charge in [0.25, 0.3) is 5.91 Å². The Labute approximate surface area is 211 Å². The molecule has 5 atom stereocenters. The third-order valence-electron chi connectivity index (χ3n) is 7.64. The van der Waals surface area contributed by atoms with Crippen molar-refractivity contribution < 1.29 is 37.1 Å². The first kappa shape index (κ1) is 25.0. The number of nitrogens with zero attached hydrogens (tertiary/aromatic N) is 1. The number of imide groups is 1. The number of likely N-dealkylation sites (tertiary alicyclic amines) is 1. The third kappa shape index (κ3) is 4.84. The van der Waals surface area contributed by atoms with Crippen LogP contribution in [0.3, 0.4) is 0 Å². The van der Waals surface area contributed by atoms with Gasteiger partial charge in [-0.2, -0.15) is 13.2 Å². The molecule has 1 N–H and O–H groups in total. The fourth-order valence-corrected chi connectivity index (χ4v) is 6.06. The standard InChI is InChI=1S/C27H25F3N2O5/c28-27(29,30)18-7-4-8-19(13-18)31-21(33)14-37-26(36)20(11-15-5-2-1-3-6-15)32-24(34)22-16-9-10-17(12-16)23(22)25(32)35/h1-8,13,16-17,20,22-23H,9-12,14H2,(H,31,33)/t16-,17-,20+,22-,23+/m0/s1. The molecule has 2 aliphatic carbocycles. The Bertz CT molecular complexity index is 1200. The molecular weight excluding hydrogens is 489 g/mol. The summed E-state index contributed by atoms with van der Waals surface area (Å²) in [5.41, 5.74) is -0.334. The van der Waals surface area contributed by atoms with Gasteiger partial charge < -0.3 is 10.1 Å². The van der Waals surface area contributed by atoms with E-state index in [0.29, 0.717) is 5.56 Å². The van der Waals surface area contributed by atoms with Gasteiger partial charge in [-0.3, -0.25) is 19.3 Å². The molecule has 2 aromatic carbocycles. The monoisotopic (exact) mass is 514 g/mol. The number of carbonyl (C=O) groups is 4. The number of benzene rings is 2. The number of nitrogens with one attached hydrogen (secondary N) is 1. The van der Waals surface area contributed by atoms with Crippen LogP contribution in [-0.2, 0) is 36.5 Å². The van der Waals surface area contributed by atoms with E-state index in [1.54, 1.807) is 30.3 Å². The Balaban J connectivity index is 1.30. The summed E-state index contributed by atoms with van der Waals surface area (Å²) < 4.78 is 44.0. The van der Waals surface area contributed by atoms with Gasteiger partial charge in [-0.05, 0) is 54.9 Å². The quantitative estimate of drug-likeness (QED) is 0.448. The number of carbonyl (C=O) groups excluding carboxylic acids is 4. The van der Waals surface area contributed by atoms with Crippen molar-refractivity contribution in [3.63, 3.8) is 0 Å². The van der Waals surface area contributed by atoms with E-state index in [-0.39, 0.29) is 35.8 Å². The zero-order chi connectivity index (χ0) is 26.3. The third-order valence-corrected chi connectivity index (χ3v) is 7.64. The molecule has 1 aliphatic heterocycles. The first-order valence-corrected chi connectivity index (χ1v) is 12.2. The van der Waals surface area contributed by atoms with Crippen LogP contribution in [0.4, 0.5) is 18.9 Å². The predicted octanol–water partition coefficient (Wildman–Crippen LogP) is 3.83. The number of esters is 1. The van der Waals surface area contributed by atoms with Crippen LogP contribution >= 0.6 is 0 Å². The Morgan fingerprint density at radius 3 is 2.24 bits per heavy atom. The van der Waals surface area contributed by atoms with Crippen LogP contribution in [0.2, 0.25) is 0 Å². The van der Waals surface area contributed by atoms with E-state index >= 15 is 0 Å². The van der Waals surface area contributed by atoms with Crippen molar-refractivity contribution in [1.82, 2.24) is 4.90 Å². The van der Waals surface area contributed by atoms with Gasteiger partial charge >= 0.3 is 12.1 Å². The lowest BCUT2D eigenvalue weighted by Crippen LogP contribution is -2.48. The van der Waals surface area contributed by atoms with Gasteiger partial charge in [0, 0.05) is 12.1 Å². The number of anilines is 1. The van der Waals surface area contributed by atoms with Gasteiger partial charge in [0.2, 0.25) is 11.8 Å². The van der Waals surface area contributed by atoms with Crippen LogP contribution < -0.4 is 5.32 Å². The summed E-state index contributed by atoms with van der Waals surface area (Å²) in [6.45, 7) is -0.783. The van der Waals surface area contributed by atoms with Crippen LogP contribution in [0.25, 0.3) is 0 Å². The molecule has 2 saturated carbocycles. The summed E-state index contributed by atoms with van der Waals surface area (Å²) in [6, 6.07) is 11.7. The van der Waals surface area contributed by atoms with Crippen LogP contribution in [0.15, 0.2) is 54.6 Å². The molecule has 3 amide bonds. The van der Waals surface area contributed by atoms with Crippen molar-refractivity contribution in [2.75, 3.05) is 11.9 Å². The molecule has 3 fully saturated rings. The van der Waals surface area contributed by atoms with Gasteiger partial charge in [-0.15, -0.1) is 0 Å². The molecule has 194 valence electrons. The van der Waals surface area contributed by atoms with E-state index in [1.807, 2.05) is 0 Å². The zero-order valence-electron chi connectivity index (χ0n) is 19.7. The zero-order valence-corrected chi connectivity index (χ0v) is 19.7. The van der Waals surface area contributed by atoms with Gasteiger partial charge in [-0.1, -0.05) is 36.4 Å². The number of hydrogen-bond donors (Lipinski definition) is 1. The minimum atomic E-state index is -4.58. The second-order valence-electron chi connectivity index (χ2n) is 9.87. The molecule has 7 nitrogen and oxygen atoms in total. The maximum absolute atomic E-state index is 13.3. The Hall–Kier alpha value is -3.69. The van der Waals surface area contributed by atoms with Crippen molar-refractivity contribution in [2.45, 2.75) is 37.9 Å². The van der Waals surface area contributed by atoms with Gasteiger partial charge in [0.1, 0.15) is 6.04 Å². The van der Waals surface area contributed by atoms with E-state index in [9.17, 15) is 32.3 Å². The SMILES string of the molecule is O=C(COC(=O)[C@@H](Cc1ccccc1)N1C(=O)[C@@H]2[C@H]3CC[C@@H](C3)[C@@H]2C1=O)Nc1cccc(C(F)(F)F)c1. The molecule has 2 bridgehead atoms. The second kappa shape index (κ2) is 9.64. The maximum Gasteiger partial charge on any atom is 0.416 e. The number of hydrogen-bond acceptors (Lipinski definition) is 5. The smallest absolute Gasteiger partial charge is 0.416 e. The van der Waals surface area contributed by atoms with Crippen LogP contribution in [0.1, 0.15) is 30.4 Å². The molecular formula is C27H25F3N2O5. The van der Waals surface area contributed by atoms with E-state index in [2.05, 4.69) is 5.32 Å². The summed E-state index contributed by atoms with van der Waals surface area (Å²) in [5.74, 6) is -3.05. The van der Waals surface area contributed by atoms with Crippen molar-refractivity contribution in [1.29, 1.82) is 0 Å². The minimum Gasteiger partial charge on any atom is -0.454 e. The largest absolute Gasteiger partial charge is 0.454 e. The highest BCUT2D eigenvalue weighted by molar-refractivity contribution is 6.08. The van der Waals surface area contributed by atoms with Crippen LogP contribution in [0, 0.1) is 23.7 Å². The first-order valence-electron chi connectivity index (χ1n) is 12.2. The summed E-state index contributed by atoms with van der Waals surface area (Å²) in [4.78, 5) is 53.2. The highest BCUT2D eigenvalue weighted by Gasteiger charge is 2.62. The minimum absolute atomic E-state index is 0.0289. The number of fused-ring (bicyclic) bond motifs is 5. The van der Waals surface area contributed by atoms with Crippen molar-refractivity contribution in [3.05, 3.63) is 65.7 Å². The molecule has 10 heteroatoms. The molecule has 0 unspecified atom stereocenters. The fraction of sp³-hybridized carbons (Fsp3) is 0.407. The molecule has 2 aromatic rings. The predicted molar refractivity (Wildman–Crippen MR) is 125 cm³/mol. The Morgan fingerprint density at radius 2 is 1.62 bits per heavy atom. The molecule has 37 heavy (non-hydrogen) atoms. The van der Waals surface area contributed by atoms with E-state index < -0.39 is 48.1 Å². The Morgan fingerprint density at radius 1 is 0.973 bits per heavy atom. The number of halogens is 3. The van der Waals surface area contributed by atoms with Crippen molar-refractivity contribution in [3.8, 4) is 0 Å².